The minimum absolute atomic E-state index is 0.589. The molecular formula is C8H9N3OS. The van der Waals surface area contributed by atoms with Crippen LogP contribution >= 0.6 is 11.3 Å². The summed E-state index contributed by atoms with van der Waals surface area (Å²) >= 11 is 1.53. The third-order valence-electron chi connectivity index (χ3n) is 1.56. The van der Waals surface area contributed by atoms with Crippen molar-refractivity contribution in [3.63, 3.8) is 0 Å². The van der Waals surface area contributed by atoms with Gasteiger partial charge in [-0.2, -0.15) is 0 Å². The van der Waals surface area contributed by atoms with Gasteiger partial charge in [-0.3, -0.25) is 0 Å². The van der Waals surface area contributed by atoms with Gasteiger partial charge in [0.1, 0.15) is 11.5 Å². The molecule has 2 aromatic heterocycles. The van der Waals surface area contributed by atoms with Crippen LogP contribution in [0.2, 0.25) is 0 Å². The van der Waals surface area contributed by atoms with Crippen molar-refractivity contribution in [2.75, 3.05) is 7.05 Å². The Morgan fingerprint density at radius 2 is 2.46 bits per heavy atom. The van der Waals surface area contributed by atoms with Crippen LogP contribution in [0.4, 0.5) is 0 Å². The summed E-state index contributed by atoms with van der Waals surface area (Å²) in [4.78, 5) is 8.22. The first-order valence-corrected chi connectivity index (χ1v) is 4.82. The molecule has 13 heavy (non-hydrogen) atoms. The average molecular weight is 195 g/mol. The first-order chi connectivity index (χ1) is 6.40. The molecule has 0 fully saturated rings. The molecule has 0 saturated carbocycles. The van der Waals surface area contributed by atoms with Gasteiger partial charge in [0.2, 0.25) is 5.89 Å². The lowest BCUT2D eigenvalue weighted by molar-refractivity contribution is 0.502. The lowest BCUT2D eigenvalue weighted by atomic mass is 10.5. The SMILES string of the molecule is CNCc1cnc(-c2cscn2)o1. The average Bonchev–Trinajstić information content (AvgIpc) is 2.70. The van der Waals surface area contributed by atoms with Gasteiger partial charge < -0.3 is 9.73 Å². The standard InChI is InChI=1S/C8H9N3OS/c1-9-2-6-3-10-8(12-6)7-4-13-5-11-7/h3-5,9H,2H2,1H3. The number of oxazole rings is 1. The van der Waals surface area contributed by atoms with Crippen LogP contribution in [0.15, 0.2) is 21.5 Å². The number of hydrogen-bond donors (Lipinski definition) is 1. The normalized spacial score (nSPS) is 10.5. The fourth-order valence-corrected chi connectivity index (χ4v) is 1.53. The molecule has 2 aromatic rings. The second-order valence-electron chi connectivity index (χ2n) is 2.54. The molecule has 0 aromatic carbocycles. The van der Waals surface area contributed by atoms with E-state index >= 15 is 0 Å². The highest BCUT2D eigenvalue weighted by molar-refractivity contribution is 7.07. The van der Waals surface area contributed by atoms with E-state index in [2.05, 4.69) is 15.3 Å². The first kappa shape index (κ1) is 8.40. The maximum absolute atomic E-state index is 5.44. The number of aromatic nitrogens is 2. The van der Waals surface area contributed by atoms with Crippen LogP contribution in [0, 0.1) is 0 Å². The van der Waals surface area contributed by atoms with Crippen LogP contribution in [-0.2, 0) is 6.54 Å². The predicted octanol–water partition coefficient (Wildman–Crippen LogP) is 1.52. The van der Waals surface area contributed by atoms with Gasteiger partial charge in [0.25, 0.3) is 0 Å². The van der Waals surface area contributed by atoms with Gasteiger partial charge >= 0.3 is 0 Å². The van der Waals surface area contributed by atoms with E-state index in [-0.39, 0.29) is 0 Å². The maximum Gasteiger partial charge on any atom is 0.246 e. The van der Waals surface area contributed by atoms with Crippen LogP contribution in [0.1, 0.15) is 5.76 Å². The van der Waals surface area contributed by atoms with E-state index in [0.717, 1.165) is 11.5 Å². The zero-order valence-electron chi connectivity index (χ0n) is 7.15. The molecule has 0 unspecified atom stereocenters. The molecule has 0 radical (unpaired) electrons. The molecule has 1 N–H and O–H groups in total. The smallest absolute Gasteiger partial charge is 0.246 e. The van der Waals surface area contributed by atoms with Gasteiger partial charge in [0, 0.05) is 5.38 Å². The largest absolute Gasteiger partial charge is 0.439 e. The van der Waals surface area contributed by atoms with Crippen molar-refractivity contribution in [1.82, 2.24) is 15.3 Å². The van der Waals surface area contributed by atoms with Gasteiger partial charge in [0.15, 0.2) is 0 Å². The summed E-state index contributed by atoms with van der Waals surface area (Å²) in [5, 5.41) is 4.90. The van der Waals surface area contributed by atoms with Crippen molar-refractivity contribution >= 4 is 11.3 Å². The van der Waals surface area contributed by atoms with Gasteiger partial charge in [-0.1, -0.05) is 0 Å². The summed E-state index contributed by atoms with van der Waals surface area (Å²) in [6.45, 7) is 0.692. The van der Waals surface area contributed by atoms with E-state index in [4.69, 9.17) is 4.42 Å². The van der Waals surface area contributed by atoms with Crippen molar-refractivity contribution in [2.45, 2.75) is 6.54 Å². The van der Waals surface area contributed by atoms with Crippen molar-refractivity contribution in [2.24, 2.45) is 0 Å². The minimum Gasteiger partial charge on any atom is -0.439 e. The summed E-state index contributed by atoms with van der Waals surface area (Å²) in [6, 6.07) is 0. The molecule has 0 atom stereocenters. The van der Waals surface area contributed by atoms with Gasteiger partial charge in [-0.05, 0) is 7.05 Å². The molecular weight excluding hydrogens is 186 g/mol. The molecule has 4 nitrogen and oxygen atoms in total. The number of hydrogen-bond acceptors (Lipinski definition) is 5. The van der Waals surface area contributed by atoms with Gasteiger partial charge in [-0.25, -0.2) is 9.97 Å². The zero-order valence-corrected chi connectivity index (χ0v) is 7.97. The molecule has 0 saturated heterocycles. The molecule has 5 heteroatoms. The van der Waals surface area contributed by atoms with E-state index < -0.39 is 0 Å². The molecule has 68 valence electrons. The van der Waals surface area contributed by atoms with E-state index in [9.17, 15) is 0 Å². The quantitative estimate of drug-likeness (QED) is 0.806. The van der Waals surface area contributed by atoms with Crippen LogP contribution in [-0.4, -0.2) is 17.0 Å². The minimum atomic E-state index is 0.589. The van der Waals surface area contributed by atoms with E-state index in [1.54, 1.807) is 11.7 Å². The monoisotopic (exact) mass is 195 g/mol. The molecule has 0 aliphatic heterocycles. The Bertz CT molecular complexity index is 368. The number of rotatable bonds is 3. The van der Waals surface area contributed by atoms with Crippen molar-refractivity contribution in [3.05, 3.63) is 22.8 Å². The Morgan fingerprint density at radius 1 is 1.54 bits per heavy atom. The summed E-state index contributed by atoms with van der Waals surface area (Å²) in [5.41, 5.74) is 2.56. The maximum atomic E-state index is 5.44. The Balaban J connectivity index is 2.23. The van der Waals surface area contributed by atoms with Crippen LogP contribution in [0.5, 0.6) is 0 Å². The summed E-state index contributed by atoms with van der Waals surface area (Å²) < 4.78 is 5.44. The van der Waals surface area contributed by atoms with E-state index in [1.165, 1.54) is 11.3 Å². The van der Waals surface area contributed by atoms with Gasteiger partial charge in [-0.15, -0.1) is 11.3 Å². The lowest BCUT2D eigenvalue weighted by Gasteiger charge is -1.90. The Hall–Kier alpha value is -1.20. The predicted molar refractivity (Wildman–Crippen MR) is 50.4 cm³/mol. The van der Waals surface area contributed by atoms with Crippen LogP contribution < -0.4 is 5.32 Å². The second kappa shape index (κ2) is 3.68. The highest BCUT2D eigenvalue weighted by atomic mass is 32.1. The molecule has 0 aliphatic rings. The molecule has 0 bridgehead atoms. The zero-order chi connectivity index (χ0) is 9.10. The molecule has 0 spiro atoms. The summed E-state index contributed by atoms with van der Waals surface area (Å²) in [6.07, 6.45) is 1.71. The Kier molecular flexibility index (Phi) is 2.37. The molecule has 2 heterocycles. The Morgan fingerprint density at radius 3 is 3.15 bits per heavy atom. The third-order valence-corrected chi connectivity index (χ3v) is 2.14. The number of thiazole rings is 1. The van der Waals surface area contributed by atoms with Crippen LogP contribution in [0.3, 0.4) is 0 Å². The summed E-state index contributed by atoms with van der Waals surface area (Å²) in [5.74, 6) is 1.41. The molecule has 2 rings (SSSR count). The van der Waals surface area contributed by atoms with Crippen molar-refractivity contribution in [3.8, 4) is 11.6 Å². The fourth-order valence-electron chi connectivity index (χ4n) is 1.00. The van der Waals surface area contributed by atoms with Crippen LogP contribution in [0.25, 0.3) is 11.6 Å². The molecule has 0 amide bonds. The van der Waals surface area contributed by atoms with Crippen molar-refractivity contribution < 1.29 is 4.42 Å². The van der Waals surface area contributed by atoms with Crippen molar-refractivity contribution in [1.29, 1.82) is 0 Å². The molecule has 0 aliphatic carbocycles. The highest BCUT2D eigenvalue weighted by Crippen LogP contribution is 2.18. The summed E-state index contributed by atoms with van der Waals surface area (Å²) in [7, 11) is 1.87. The fraction of sp³-hybridized carbons (Fsp3) is 0.250. The topological polar surface area (TPSA) is 51.0 Å². The number of nitrogens with one attached hydrogen (secondary N) is 1. The number of nitrogens with zero attached hydrogens (tertiary/aromatic N) is 2. The third kappa shape index (κ3) is 1.76. The van der Waals surface area contributed by atoms with Gasteiger partial charge in [0.05, 0.1) is 18.3 Å². The Labute approximate surface area is 79.6 Å². The second-order valence-corrected chi connectivity index (χ2v) is 3.25. The lowest BCUT2D eigenvalue weighted by Crippen LogP contribution is -2.03. The highest BCUT2D eigenvalue weighted by Gasteiger charge is 2.06. The van der Waals surface area contributed by atoms with E-state index in [0.29, 0.717) is 12.4 Å². The van der Waals surface area contributed by atoms with E-state index in [1.807, 2.05) is 12.4 Å². The first-order valence-electron chi connectivity index (χ1n) is 3.88.